The molecular formula is C17H17FN2O. The van der Waals surface area contributed by atoms with Gasteiger partial charge in [0.05, 0.1) is 5.71 Å². The molecule has 0 unspecified atom stereocenters. The lowest BCUT2D eigenvalue weighted by Gasteiger charge is -2.06. The molecule has 0 fully saturated rings. The maximum atomic E-state index is 12.8. The number of hydrogen-bond acceptors (Lipinski definition) is 2. The molecule has 0 saturated carbocycles. The average Bonchev–Trinajstić information content (AvgIpc) is 2.50. The fraction of sp³-hybridized carbons (Fsp3) is 0.176. The molecule has 2 aromatic carbocycles. The summed E-state index contributed by atoms with van der Waals surface area (Å²) in [5.74, 6) is -0.725. The highest BCUT2D eigenvalue weighted by molar-refractivity contribution is 6.02. The fourth-order valence-corrected chi connectivity index (χ4v) is 1.88. The van der Waals surface area contributed by atoms with E-state index in [9.17, 15) is 9.18 Å². The van der Waals surface area contributed by atoms with Crippen molar-refractivity contribution in [1.82, 2.24) is 5.43 Å². The predicted octanol–water partition coefficient (Wildman–Crippen LogP) is 3.68. The predicted molar refractivity (Wildman–Crippen MR) is 81.9 cm³/mol. The number of aryl methyl sites for hydroxylation is 1. The SMILES string of the molecule is CC/C(=N\NC(=O)c1ccc(F)cc1)c1ccc(C)cc1. The summed E-state index contributed by atoms with van der Waals surface area (Å²) in [6.07, 6.45) is 0.701. The first-order valence-corrected chi connectivity index (χ1v) is 6.79. The maximum absolute atomic E-state index is 12.8. The second kappa shape index (κ2) is 6.79. The van der Waals surface area contributed by atoms with E-state index in [2.05, 4.69) is 10.5 Å². The summed E-state index contributed by atoms with van der Waals surface area (Å²) < 4.78 is 12.8. The van der Waals surface area contributed by atoms with E-state index in [1.54, 1.807) is 0 Å². The second-order valence-corrected chi connectivity index (χ2v) is 4.73. The molecule has 2 aromatic rings. The zero-order chi connectivity index (χ0) is 15.2. The van der Waals surface area contributed by atoms with Gasteiger partial charge in [-0.25, -0.2) is 9.82 Å². The molecule has 0 heterocycles. The molecule has 0 atom stereocenters. The maximum Gasteiger partial charge on any atom is 0.271 e. The topological polar surface area (TPSA) is 41.5 Å². The van der Waals surface area contributed by atoms with Gasteiger partial charge in [0.25, 0.3) is 5.91 Å². The van der Waals surface area contributed by atoms with Crippen molar-refractivity contribution in [2.45, 2.75) is 20.3 Å². The molecule has 1 amide bonds. The summed E-state index contributed by atoms with van der Waals surface area (Å²) in [5.41, 5.74) is 5.83. The van der Waals surface area contributed by atoms with Crippen LogP contribution in [0.1, 0.15) is 34.8 Å². The molecule has 4 heteroatoms. The summed E-state index contributed by atoms with van der Waals surface area (Å²) >= 11 is 0. The van der Waals surface area contributed by atoms with Crippen LogP contribution in [0.15, 0.2) is 53.6 Å². The van der Waals surface area contributed by atoms with Gasteiger partial charge < -0.3 is 0 Å². The zero-order valence-electron chi connectivity index (χ0n) is 12.1. The van der Waals surface area contributed by atoms with Gasteiger partial charge in [-0.05, 0) is 43.2 Å². The van der Waals surface area contributed by atoms with Gasteiger partial charge in [0, 0.05) is 5.56 Å². The first-order chi connectivity index (χ1) is 10.1. The van der Waals surface area contributed by atoms with Crippen molar-refractivity contribution in [3.8, 4) is 0 Å². The molecule has 1 N–H and O–H groups in total. The van der Waals surface area contributed by atoms with E-state index in [1.165, 1.54) is 29.8 Å². The van der Waals surface area contributed by atoms with E-state index in [0.717, 1.165) is 11.3 Å². The van der Waals surface area contributed by atoms with Crippen LogP contribution < -0.4 is 5.43 Å². The Morgan fingerprint density at radius 1 is 1.05 bits per heavy atom. The Labute approximate surface area is 123 Å². The van der Waals surface area contributed by atoms with Crippen LogP contribution in [0, 0.1) is 12.7 Å². The van der Waals surface area contributed by atoms with Gasteiger partial charge in [0.15, 0.2) is 0 Å². The average molecular weight is 284 g/mol. The van der Waals surface area contributed by atoms with Gasteiger partial charge in [-0.2, -0.15) is 5.10 Å². The largest absolute Gasteiger partial charge is 0.271 e. The zero-order valence-corrected chi connectivity index (χ0v) is 12.1. The second-order valence-electron chi connectivity index (χ2n) is 4.73. The number of nitrogens with zero attached hydrogens (tertiary/aromatic N) is 1. The van der Waals surface area contributed by atoms with Crippen LogP contribution in [0.3, 0.4) is 0 Å². The molecule has 0 spiro atoms. The third kappa shape index (κ3) is 3.99. The highest BCUT2D eigenvalue weighted by Gasteiger charge is 2.06. The smallest absolute Gasteiger partial charge is 0.267 e. The lowest BCUT2D eigenvalue weighted by Crippen LogP contribution is -2.20. The number of halogens is 1. The van der Waals surface area contributed by atoms with E-state index in [4.69, 9.17) is 0 Å². The molecule has 0 bridgehead atoms. The van der Waals surface area contributed by atoms with E-state index in [1.807, 2.05) is 38.1 Å². The number of amides is 1. The Hall–Kier alpha value is -2.49. The highest BCUT2D eigenvalue weighted by Crippen LogP contribution is 2.07. The van der Waals surface area contributed by atoms with Crippen molar-refractivity contribution in [2.75, 3.05) is 0 Å². The number of hydrogen-bond donors (Lipinski definition) is 1. The Bertz CT molecular complexity index is 645. The number of carbonyl (C=O) groups is 1. The third-order valence-corrected chi connectivity index (χ3v) is 3.12. The van der Waals surface area contributed by atoms with Crippen molar-refractivity contribution in [3.63, 3.8) is 0 Å². The molecule has 2 rings (SSSR count). The van der Waals surface area contributed by atoms with Crippen LogP contribution in [-0.4, -0.2) is 11.6 Å². The van der Waals surface area contributed by atoms with Gasteiger partial charge in [-0.15, -0.1) is 0 Å². The van der Waals surface area contributed by atoms with E-state index < -0.39 is 0 Å². The van der Waals surface area contributed by atoms with Crippen molar-refractivity contribution >= 4 is 11.6 Å². The van der Waals surface area contributed by atoms with Gasteiger partial charge in [0.1, 0.15) is 5.82 Å². The summed E-state index contributed by atoms with van der Waals surface area (Å²) in [5, 5.41) is 4.16. The number of rotatable bonds is 4. The number of nitrogens with one attached hydrogen (secondary N) is 1. The number of benzene rings is 2. The Kier molecular flexibility index (Phi) is 4.82. The summed E-state index contributed by atoms with van der Waals surface area (Å²) in [7, 11) is 0. The number of hydrazone groups is 1. The van der Waals surface area contributed by atoms with Gasteiger partial charge in [0.2, 0.25) is 0 Å². The first-order valence-electron chi connectivity index (χ1n) is 6.79. The molecule has 21 heavy (non-hydrogen) atoms. The molecule has 108 valence electrons. The van der Waals surface area contributed by atoms with E-state index in [0.29, 0.717) is 12.0 Å². The van der Waals surface area contributed by atoms with Gasteiger partial charge in [-0.1, -0.05) is 36.8 Å². The van der Waals surface area contributed by atoms with Gasteiger partial charge >= 0.3 is 0 Å². The van der Waals surface area contributed by atoms with Crippen LogP contribution >= 0.6 is 0 Å². The van der Waals surface area contributed by atoms with Crippen LogP contribution in [0.4, 0.5) is 4.39 Å². The van der Waals surface area contributed by atoms with Crippen molar-refractivity contribution in [1.29, 1.82) is 0 Å². The van der Waals surface area contributed by atoms with Crippen LogP contribution in [0.2, 0.25) is 0 Å². The molecular weight excluding hydrogens is 267 g/mol. The minimum Gasteiger partial charge on any atom is -0.267 e. The van der Waals surface area contributed by atoms with E-state index >= 15 is 0 Å². The standard InChI is InChI=1S/C17H17FN2O/c1-3-16(13-6-4-12(2)5-7-13)19-20-17(21)14-8-10-15(18)11-9-14/h4-11H,3H2,1-2H3,(H,20,21)/b19-16+. The van der Waals surface area contributed by atoms with E-state index in [-0.39, 0.29) is 11.7 Å². The molecule has 0 aromatic heterocycles. The van der Waals surface area contributed by atoms with Crippen LogP contribution in [0.5, 0.6) is 0 Å². The minimum atomic E-state index is -0.371. The Morgan fingerprint density at radius 3 is 2.19 bits per heavy atom. The fourth-order valence-electron chi connectivity index (χ4n) is 1.88. The van der Waals surface area contributed by atoms with Crippen molar-refractivity contribution in [2.24, 2.45) is 5.10 Å². The number of carbonyl (C=O) groups excluding carboxylic acids is 1. The molecule has 3 nitrogen and oxygen atoms in total. The van der Waals surface area contributed by atoms with Crippen molar-refractivity contribution in [3.05, 3.63) is 71.0 Å². The van der Waals surface area contributed by atoms with Crippen LogP contribution in [-0.2, 0) is 0 Å². The molecule has 0 saturated heterocycles. The lowest BCUT2D eigenvalue weighted by molar-refractivity contribution is 0.0955. The summed E-state index contributed by atoms with van der Waals surface area (Å²) in [4.78, 5) is 11.9. The first kappa shape index (κ1) is 14.9. The minimum absolute atomic E-state index is 0.354. The van der Waals surface area contributed by atoms with Gasteiger partial charge in [-0.3, -0.25) is 4.79 Å². The summed E-state index contributed by atoms with van der Waals surface area (Å²) in [6, 6.07) is 13.3. The van der Waals surface area contributed by atoms with Crippen LogP contribution in [0.25, 0.3) is 0 Å². The monoisotopic (exact) mass is 284 g/mol. The third-order valence-electron chi connectivity index (χ3n) is 3.12. The molecule has 0 radical (unpaired) electrons. The molecule has 0 aliphatic carbocycles. The Morgan fingerprint density at radius 2 is 1.62 bits per heavy atom. The quantitative estimate of drug-likeness (QED) is 0.675. The highest BCUT2D eigenvalue weighted by atomic mass is 19.1. The lowest BCUT2D eigenvalue weighted by atomic mass is 10.1. The summed E-state index contributed by atoms with van der Waals surface area (Å²) in [6.45, 7) is 3.99. The normalized spacial score (nSPS) is 11.3. The van der Waals surface area contributed by atoms with Crippen molar-refractivity contribution < 1.29 is 9.18 Å². The molecule has 0 aliphatic rings. The molecule has 0 aliphatic heterocycles. The Balaban J connectivity index is 2.12.